The largest absolute Gasteiger partial charge is 0.303 e. The molecule has 5 nitrogen and oxygen atoms in total. The van der Waals surface area contributed by atoms with Crippen molar-refractivity contribution in [2.75, 3.05) is 19.6 Å². The minimum absolute atomic E-state index is 0.00329. The normalized spacial score (nSPS) is 18.0. The molecule has 7 heteroatoms. The molecule has 118 valence electrons. The highest BCUT2D eigenvalue weighted by Crippen LogP contribution is 2.16. The third-order valence-electron chi connectivity index (χ3n) is 3.75. The zero-order valence-corrected chi connectivity index (χ0v) is 13.8. The highest BCUT2D eigenvalue weighted by Gasteiger charge is 2.24. The van der Waals surface area contributed by atoms with Crippen molar-refractivity contribution >= 4 is 21.6 Å². The van der Waals surface area contributed by atoms with Gasteiger partial charge < -0.3 is 4.90 Å². The van der Waals surface area contributed by atoms with Gasteiger partial charge in [0.25, 0.3) is 0 Å². The molecule has 1 aromatic heterocycles. The monoisotopic (exact) mass is 331 g/mol. The van der Waals surface area contributed by atoms with Gasteiger partial charge in [-0.3, -0.25) is 0 Å². The van der Waals surface area contributed by atoms with Crippen LogP contribution in [0.3, 0.4) is 0 Å². The summed E-state index contributed by atoms with van der Waals surface area (Å²) in [7, 11) is -3.50. The Bertz CT molecular complexity index is 540. The van der Waals surface area contributed by atoms with Crippen LogP contribution in [0.25, 0.3) is 0 Å². The third kappa shape index (κ3) is 4.92. The number of piperidine rings is 1. The predicted octanol–water partition coefficient (Wildman–Crippen LogP) is 2.28. The summed E-state index contributed by atoms with van der Waals surface area (Å²) in [6.07, 6.45) is 5.39. The maximum atomic E-state index is 12.3. The molecule has 0 saturated carbocycles. The number of sulfonamides is 1. The fraction of sp³-hybridized carbons (Fsp3) is 0.643. The van der Waals surface area contributed by atoms with Gasteiger partial charge in [0.15, 0.2) is 0 Å². The Morgan fingerprint density at radius 3 is 2.67 bits per heavy atom. The molecule has 1 aliphatic heterocycles. The molecule has 0 radical (unpaired) electrons. The average Bonchev–Trinajstić information content (AvgIpc) is 2.47. The van der Waals surface area contributed by atoms with E-state index in [1.165, 1.54) is 31.2 Å². The van der Waals surface area contributed by atoms with Crippen LogP contribution in [0.2, 0.25) is 5.15 Å². The van der Waals surface area contributed by atoms with Crippen LogP contribution in [-0.4, -0.2) is 44.0 Å². The first-order valence-electron chi connectivity index (χ1n) is 7.37. The molecule has 1 aliphatic rings. The third-order valence-corrected chi connectivity index (χ3v) is 5.48. The first-order valence-corrected chi connectivity index (χ1v) is 9.23. The van der Waals surface area contributed by atoms with Crippen molar-refractivity contribution in [3.8, 4) is 0 Å². The smallest absolute Gasteiger partial charge is 0.242 e. The molecule has 1 aromatic rings. The van der Waals surface area contributed by atoms with Crippen LogP contribution < -0.4 is 4.72 Å². The van der Waals surface area contributed by atoms with Crippen LogP contribution in [0.1, 0.15) is 32.6 Å². The Hall–Kier alpha value is -0.690. The van der Waals surface area contributed by atoms with Crippen molar-refractivity contribution < 1.29 is 8.42 Å². The second-order valence-corrected chi connectivity index (χ2v) is 7.51. The van der Waals surface area contributed by atoms with E-state index >= 15 is 0 Å². The SMILES string of the molecule is CCCCN1CCC(NS(=O)(=O)c2ccc(Cl)nc2)CC1. The molecular formula is C14H22ClN3O2S. The number of rotatable bonds is 6. The zero-order chi connectivity index (χ0) is 15.3. The molecule has 21 heavy (non-hydrogen) atoms. The maximum absolute atomic E-state index is 12.3. The molecule has 0 aliphatic carbocycles. The molecule has 2 rings (SSSR count). The number of hydrogen-bond donors (Lipinski definition) is 1. The second kappa shape index (κ2) is 7.54. The van der Waals surface area contributed by atoms with Crippen LogP contribution in [0.5, 0.6) is 0 Å². The van der Waals surface area contributed by atoms with E-state index in [1.807, 2.05) is 0 Å². The van der Waals surface area contributed by atoms with Crippen molar-refractivity contribution in [3.05, 3.63) is 23.5 Å². The highest BCUT2D eigenvalue weighted by molar-refractivity contribution is 7.89. The van der Waals surface area contributed by atoms with Gasteiger partial charge in [-0.1, -0.05) is 24.9 Å². The summed E-state index contributed by atoms with van der Waals surface area (Å²) in [6.45, 7) is 5.19. The van der Waals surface area contributed by atoms with Gasteiger partial charge in [-0.2, -0.15) is 0 Å². The molecular weight excluding hydrogens is 310 g/mol. The number of nitrogens with zero attached hydrogens (tertiary/aromatic N) is 2. The molecule has 2 heterocycles. The van der Waals surface area contributed by atoms with Gasteiger partial charge in [0.2, 0.25) is 10.0 Å². The van der Waals surface area contributed by atoms with Crippen LogP contribution >= 0.6 is 11.6 Å². The highest BCUT2D eigenvalue weighted by atomic mass is 35.5. The van der Waals surface area contributed by atoms with Crippen molar-refractivity contribution in [3.63, 3.8) is 0 Å². The van der Waals surface area contributed by atoms with Crippen LogP contribution in [0.4, 0.5) is 0 Å². The van der Waals surface area contributed by atoms with Crippen LogP contribution in [0, 0.1) is 0 Å². The molecule has 0 bridgehead atoms. The van der Waals surface area contributed by atoms with Crippen molar-refractivity contribution in [2.24, 2.45) is 0 Å². The molecule has 0 amide bonds. The summed E-state index contributed by atoms with van der Waals surface area (Å²) in [5.41, 5.74) is 0. The minimum atomic E-state index is -3.50. The van der Waals surface area contributed by atoms with Gasteiger partial charge in [-0.25, -0.2) is 18.1 Å². The number of hydrogen-bond acceptors (Lipinski definition) is 4. The van der Waals surface area contributed by atoms with Gasteiger partial charge in [-0.15, -0.1) is 0 Å². The van der Waals surface area contributed by atoms with E-state index in [0.717, 1.165) is 32.5 Å². The molecule has 0 unspecified atom stereocenters. The lowest BCUT2D eigenvalue weighted by Gasteiger charge is -2.32. The average molecular weight is 332 g/mol. The predicted molar refractivity (Wildman–Crippen MR) is 83.9 cm³/mol. The number of aromatic nitrogens is 1. The maximum Gasteiger partial charge on any atom is 0.242 e. The molecule has 1 saturated heterocycles. The van der Waals surface area contributed by atoms with Gasteiger partial charge in [-0.05, 0) is 51.0 Å². The standard InChI is InChI=1S/C14H22ClN3O2S/c1-2-3-8-18-9-6-12(7-10-18)17-21(19,20)13-4-5-14(15)16-11-13/h4-5,11-12,17H,2-3,6-10H2,1H3. The van der Waals surface area contributed by atoms with Gasteiger partial charge in [0.05, 0.1) is 0 Å². The van der Waals surface area contributed by atoms with Crippen LogP contribution in [0.15, 0.2) is 23.2 Å². The van der Waals surface area contributed by atoms with E-state index in [0.29, 0.717) is 0 Å². The Kier molecular flexibility index (Phi) is 5.98. The summed E-state index contributed by atoms with van der Waals surface area (Å²) < 4.78 is 27.3. The van der Waals surface area contributed by atoms with Gasteiger partial charge in [0.1, 0.15) is 10.0 Å². The Morgan fingerprint density at radius 2 is 2.10 bits per heavy atom. The number of nitrogens with one attached hydrogen (secondary N) is 1. The molecule has 1 fully saturated rings. The Morgan fingerprint density at radius 1 is 1.38 bits per heavy atom. The summed E-state index contributed by atoms with van der Waals surface area (Å²) in [6, 6.07) is 2.97. The number of likely N-dealkylation sites (tertiary alicyclic amines) is 1. The quantitative estimate of drug-likeness (QED) is 0.812. The second-order valence-electron chi connectivity index (χ2n) is 5.41. The zero-order valence-electron chi connectivity index (χ0n) is 12.3. The Balaban J connectivity index is 1.89. The van der Waals surface area contributed by atoms with E-state index in [9.17, 15) is 8.42 Å². The summed E-state index contributed by atoms with van der Waals surface area (Å²) >= 11 is 5.68. The Labute approximate surface area is 131 Å². The first kappa shape index (κ1) is 16.7. The summed E-state index contributed by atoms with van der Waals surface area (Å²) in [4.78, 5) is 6.39. The fourth-order valence-corrected chi connectivity index (χ4v) is 3.83. The number of pyridine rings is 1. The lowest BCUT2D eigenvalue weighted by molar-refractivity contribution is 0.205. The summed E-state index contributed by atoms with van der Waals surface area (Å²) in [5, 5.41) is 0.290. The van der Waals surface area contributed by atoms with Crippen molar-refractivity contribution in [2.45, 2.75) is 43.5 Å². The lowest BCUT2D eigenvalue weighted by atomic mass is 10.1. The molecule has 1 N–H and O–H groups in total. The molecule has 0 aromatic carbocycles. The van der Waals surface area contributed by atoms with Crippen LogP contribution in [-0.2, 0) is 10.0 Å². The van der Waals surface area contributed by atoms with Crippen molar-refractivity contribution in [1.29, 1.82) is 0 Å². The van der Waals surface area contributed by atoms with E-state index in [-0.39, 0.29) is 16.1 Å². The van der Waals surface area contributed by atoms with Crippen molar-refractivity contribution in [1.82, 2.24) is 14.6 Å². The van der Waals surface area contributed by atoms with Gasteiger partial charge >= 0.3 is 0 Å². The van der Waals surface area contributed by atoms with E-state index in [2.05, 4.69) is 21.5 Å². The number of unbranched alkanes of at least 4 members (excludes halogenated alkanes) is 1. The number of halogens is 1. The molecule has 0 spiro atoms. The summed E-state index contributed by atoms with van der Waals surface area (Å²) in [5.74, 6) is 0. The van der Waals surface area contributed by atoms with E-state index in [4.69, 9.17) is 11.6 Å². The fourth-order valence-electron chi connectivity index (χ4n) is 2.46. The molecule has 0 atom stereocenters. The van der Waals surface area contributed by atoms with E-state index in [1.54, 1.807) is 0 Å². The topological polar surface area (TPSA) is 62.3 Å². The lowest BCUT2D eigenvalue weighted by Crippen LogP contribution is -2.44. The first-order chi connectivity index (χ1) is 10.0. The minimum Gasteiger partial charge on any atom is -0.303 e. The van der Waals surface area contributed by atoms with E-state index < -0.39 is 10.0 Å². The van der Waals surface area contributed by atoms with Gasteiger partial charge in [0, 0.05) is 12.2 Å².